The minimum absolute atomic E-state index is 0.0376. The maximum Gasteiger partial charge on any atom is 0.274 e. The Labute approximate surface area is 134 Å². The lowest BCUT2D eigenvalue weighted by atomic mass is 10.1. The van der Waals surface area contributed by atoms with Crippen molar-refractivity contribution in [2.75, 3.05) is 19.7 Å². The lowest BCUT2D eigenvalue weighted by Crippen LogP contribution is -2.44. The quantitative estimate of drug-likeness (QED) is 0.854. The zero-order chi connectivity index (χ0) is 16.6. The van der Waals surface area contributed by atoms with E-state index < -0.39 is 0 Å². The molecule has 1 aromatic carbocycles. The second-order valence-corrected chi connectivity index (χ2v) is 5.93. The van der Waals surface area contributed by atoms with Crippen LogP contribution in [0.15, 0.2) is 24.3 Å². The number of carbonyl (C=O) groups excluding carboxylic acids is 1. The normalized spacial score (nSPS) is 18.3. The highest BCUT2D eigenvalue weighted by Crippen LogP contribution is 2.23. The summed E-state index contributed by atoms with van der Waals surface area (Å²) in [5.41, 5.74) is 2.60. The number of morpholine rings is 1. The molecule has 0 spiro atoms. The van der Waals surface area contributed by atoms with Gasteiger partial charge in [0.2, 0.25) is 0 Å². The molecule has 122 valence electrons. The maximum atomic E-state index is 13.4. The fourth-order valence-electron chi connectivity index (χ4n) is 2.81. The maximum absolute atomic E-state index is 13.4. The highest BCUT2D eigenvalue weighted by Gasteiger charge is 2.25. The smallest absolute Gasteiger partial charge is 0.274 e. The molecule has 1 unspecified atom stereocenters. The van der Waals surface area contributed by atoms with Crippen molar-refractivity contribution in [3.05, 3.63) is 41.3 Å². The molecule has 2 aromatic rings. The third-order valence-electron chi connectivity index (χ3n) is 4.08. The van der Waals surface area contributed by atoms with E-state index in [1.54, 1.807) is 41.8 Å². The minimum Gasteiger partial charge on any atom is -0.375 e. The predicted octanol–water partition coefficient (Wildman–Crippen LogP) is 2.40. The van der Waals surface area contributed by atoms with Crippen molar-refractivity contribution >= 4 is 5.91 Å². The molecule has 3 rings (SSSR count). The van der Waals surface area contributed by atoms with Crippen molar-refractivity contribution in [1.82, 2.24) is 14.7 Å². The van der Waals surface area contributed by atoms with E-state index in [1.807, 2.05) is 6.92 Å². The first-order valence-corrected chi connectivity index (χ1v) is 7.67. The molecular weight excluding hydrogens is 297 g/mol. The van der Waals surface area contributed by atoms with Crippen LogP contribution in [0.1, 0.15) is 23.0 Å². The van der Waals surface area contributed by atoms with Crippen LogP contribution in [-0.4, -0.2) is 46.4 Å². The fourth-order valence-corrected chi connectivity index (χ4v) is 2.81. The van der Waals surface area contributed by atoms with Crippen molar-refractivity contribution < 1.29 is 13.9 Å². The number of ether oxygens (including phenoxy) is 1. The van der Waals surface area contributed by atoms with Crippen LogP contribution in [0.4, 0.5) is 4.39 Å². The lowest BCUT2D eigenvalue weighted by Gasteiger charge is -2.30. The molecule has 2 heterocycles. The second kappa shape index (κ2) is 6.12. The molecule has 1 fully saturated rings. The van der Waals surface area contributed by atoms with Gasteiger partial charge in [-0.3, -0.25) is 9.48 Å². The van der Waals surface area contributed by atoms with Crippen LogP contribution in [0.25, 0.3) is 11.3 Å². The number of hydrogen-bond donors (Lipinski definition) is 0. The number of aryl methyl sites for hydroxylation is 2. The van der Waals surface area contributed by atoms with Crippen molar-refractivity contribution in [2.45, 2.75) is 20.0 Å². The van der Waals surface area contributed by atoms with Crippen molar-refractivity contribution in [3.63, 3.8) is 0 Å². The summed E-state index contributed by atoms with van der Waals surface area (Å²) >= 11 is 0. The molecule has 1 aromatic heterocycles. The number of halogens is 1. The first kappa shape index (κ1) is 15.7. The Morgan fingerprint density at radius 2 is 2.17 bits per heavy atom. The Kier molecular flexibility index (Phi) is 4.17. The zero-order valence-corrected chi connectivity index (χ0v) is 13.5. The molecule has 23 heavy (non-hydrogen) atoms. The highest BCUT2D eigenvalue weighted by molar-refractivity contribution is 5.93. The molecule has 0 bridgehead atoms. The SMILES string of the molecule is Cc1cc(-c2cc(C(=O)N3CCOC(C)C3)nn2C)ccc1F. The van der Waals surface area contributed by atoms with Crippen LogP contribution >= 0.6 is 0 Å². The van der Waals surface area contributed by atoms with E-state index in [9.17, 15) is 9.18 Å². The van der Waals surface area contributed by atoms with Gasteiger partial charge >= 0.3 is 0 Å². The molecular formula is C17H20FN3O2. The number of amides is 1. The lowest BCUT2D eigenvalue weighted by molar-refractivity contribution is -0.0126. The minimum atomic E-state index is -0.241. The molecule has 1 aliphatic heterocycles. The second-order valence-electron chi connectivity index (χ2n) is 5.93. The Morgan fingerprint density at radius 3 is 2.87 bits per heavy atom. The first-order valence-electron chi connectivity index (χ1n) is 7.67. The fraction of sp³-hybridized carbons (Fsp3) is 0.412. The number of benzene rings is 1. The van der Waals surface area contributed by atoms with E-state index in [1.165, 1.54) is 6.07 Å². The summed E-state index contributed by atoms with van der Waals surface area (Å²) in [7, 11) is 1.78. The molecule has 0 N–H and O–H groups in total. The number of carbonyl (C=O) groups is 1. The summed E-state index contributed by atoms with van der Waals surface area (Å²) in [6.45, 7) is 5.36. The molecule has 0 aliphatic carbocycles. The molecule has 0 saturated carbocycles. The topological polar surface area (TPSA) is 47.4 Å². The van der Waals surface area contributed by atoms with E-state index in [0.717, 1.165) is 11.3 Å². The summed E-state index contributed by atoms with van der Waals surface area (Å²) in [4.78, 5) is 14.4. The third-order valence-corrected chi connectivity index (χ3v) is 4.08. The van der Waals surface area contributed by atoms with Crippen LogP contribution in [0, 0.1) is 12.7 Å². The van der Waals surface area contributed by atoms with Gasteiger partial charge in [-0.15, -0.1) is 0 Å². The number of rotatable bonds is 2. The average molecular weight is 317 g/mol. The number of nitrogens with zero attached hydrogens (tertiary/aromatic N) is 3. The van der Waals surface area contributed by atoms with Gasteiger partial charge in [0.15, 0.2) is 5.69 Å². The third kappa shape index (κ3) is 3.12. The predicted molar refractivity (Wildman–Crippen MR) is 84.7 cm³/mol. The van der Waals surface area contributed by atoms with Gasteiger partial charge < -0.3 is 9.64 Å². The van der Waals surface area contributed by atoms with Gasteiger partial charge in [0.05, 0.1) is 18.4 Å². The van der Waals surface area contributed by atoms with Crippen LogP contribution in [0.3, 0.4) is 0 Å². The Balaban J connectivity index is 1.88. The van der Waals surface area contributed by atoms with Gasteiger partial charge in [0, 0.05) is 25.7 Å². The van der Waals surface area contributed by atoms with Gasteiger partial charge in [-0.25, -0.2) is 4.39 Å². The summed E-state index contributed by atoms with van der Waals surface area (Å²) in [6.07, 6.45) is 0.0376. The van der Waals surface area contributed by atoms with Crippen molar-refractivity contribution in [1.29, 1.82) is 0 Å². The zero-order valence-electron chi connectivity index (χ0n) is 13.5. The van der Waals surface area contributed by atoms with Crippen molar-refractivity contribution in [2.24, 2.45) is 7.05 Å². The van der Waals surface area contributed by atoms with Gasteiger partial charge in [-0.2, -0.15) is 5.10 Å². The molecule has 1 amide bonds. The average Bonchev–Trinajstić information content (AvgIpc) is 2.91. The van der Waals surface area contributed by atoms with Crippen molar-refractivity contribution in [3.8, 4) is 11.3 Å². The molecule has 1 saturated heterocycles. The monoisotopic (exact) mass is 317 g/mol. The van der Waals surface area contributed by atoms with Crippen LogP contribution in [0.2, 0.25) is 0 Å². The Hall–Kier alpha value is -2.21. The van der Waals surface area contributed by atoms with Crippen LogP contribution in [-0.2, 0) is 11.8 Å². The largest absolute Gasteiger partial charge is 0.375 e. The van der Waals surface area contributed by atoms with Crippen LogP contribution < -0.4 is 0 Å². The Bertz CT molecular complexity index is 741. The van der Waals surface area contributed by atoms with E-state index in [-0.39, 0.29) is 17.8 Å². The van der Waals surface area contributed by atoms with Crippen LogP contribution in [0.5, 0.6) is 0 Å². The highest BCUT2D eigenvalue weighted by atomic mass is 19.1. The van der Waals surface area contributed by atoms with Gasteiger partial charge in [-0.1, -0.05) is 0 Å². The molecule has 1 aliphatic rings. The standard InChI is InChI=1S/C17H20FN3O2/c1-11-8-13(4-5-14(11)18)16-9-15(19-20(16)3)17(22)21-6-7-23-12(2)10-21/h4-5,8-9,12H,6-7,10H2,1-3H3. The summed E-state index contributed by atoms with van der Waals surface area (Å²) in [6, 6.07) is 6.65. The summed E-state index contributed by atoms with van der Waals surface area (Å²) in [5, 5.41) is 4.33. The Morgan fingerprint density at radius 1 is 1.39 bits per heavy atom. The van der Waals surface area contributed by atoms with E-state index in [2.05, 4.69) is 5.10 Å². The molecule has 1 atom stereocenters. The number of hydrogen-bond acceptors (Lipinski definition) is 3. The van der Waals surface area contributed by atoms with E-state index >= 15 is 0 Å². The molecule has 5 nitrogen and oxygen atoms in total. The van der Waals surface area contributed by atoms with Gasteiger partial charge in [0.25, 0.3) is 5.91 Å². The van der Waals surface area contributed by atoms with Gasteiger partial charge in [0.1, 0.15) is 5.82 Å². The van der Waals surface area contributed by atoms with E-state index in [4.69, 9.17) is 4.74 Å². The summed E-state index contributed by atoms with van der Waals surface area (Å²) in [5.74, 6) is -0.338. The first-order chi connectivity index (χ1) is 11.0. The molecule has 0 radical (unpaired) electrons. The molecule has 6 heteroatoms. The van der Waals surface area contributed by atoms with Gasteiger partial charge in [-0.05, 0) is 43.7 Å². The number of aromatic nitrogens is 2. The van der Waals surface area contributed by atoms with E-state index in [0.29, 0.717) is 31.0 Å². The summed E-state index contributed by atoms with van der Waals surface area (Å²) < 4.78 is 20.6.